The summed E-state index contributed by atoms with van der Waals surface area (Å²) in [6.45, 7) is -0.472. The summed E-state index contributed by atoms with van der Waals surface area (Å²) < 4.78 is 22.3. The number of ether oxygens (including phenoxy) is 4. The molecular weight excluding hydrogens is 539 g/mol. The Hall–Kier alpha value is -3.71. The van der Waals surface area contributed by atoms with Gasteiger partial charge in [0.25, 0.3) is 0 Å². The van der Waals surface area contributed by atoms with Crippen molar-refractivity contribution in [1.82, 2.24) is 0 Å². The Balaban J connectivity index is 1.60. The molecule has 4 atom stereocenters. The highest BCUT2D eigenvalue weighted by Crippen LogP contribution is 2.47. The van der Waals surface area contributed by atoms with Crippen LogP contribution in [0.3, 0.4) is 0 Å². The molecule has 5 rings (SSSR count). The maximum atomic E-state index is 13.9. The lowest BCUT2D eigenvalue weighted by Gasteiger charge is -2.51. The molecule has 39 heavy (non-hydrogen) atoms. The van der Waals surface area contributed by atoms with Crippen LogP contribution < -0.4 is 18.9 Å². The number of rotatable bonds is 9. The van der Waals surface area contributed by atoms with E-state index in [4.69, 9.17) is 42.1 Å². The molecule has 4 aromatic carbocycles. The molecule has 0 bridgehead atoms. The molecule has 0 aliphatic heterocycles. The monoisotopic (exact) mass is 564 g/mol. The first-order chi connectivity index (χ1) is 18.9. The first-order valence-electron chi connectivity index (χ1n) is 12.4. The van der Waals surface area contributed by atoms with Gasteiger partial charge in [0.05, 0.1) is 0 Å². The van der Waals surface area contributed by atoms with Crippen molar-refractivity contribution in [2.45, 2.75) is 28.2 Å². The van der Waals surface area contributed by atoms with Crippen LogP contribution in [-0.4, -0.2) is 45.7 Å². The first-order valence-corrected chi connectivity index (χ1v) is 13.1. The molecule has 1 fully saturated rings. The zero-order valence-electron chi connectivity index (χ0n) is 20.7. The summed E-state index contributed by atoms with van der Waals surface area (Å²) >= 11 is 13.5. The minimum absolute atomic E-state index is 0.395. The molecule has 0 heterocycles. The number of hydrogen-bond donors (Lipinski definition) is 1. The Kier molecular flexibility index (Phi) is 7.98. The van der Waals surface area contributed by atoms with E-state index in [-0.39, 0.29) is 0 Å². The van der Waals surface area contributed by atoms with Crippen LogP contribution in [0, 0.1) is 0 Å². The molecule has 8 heteroatoms. The molecule has 0 saturated heterocycles. The number of carbonyl (C=O) groups excluding carboxylic acids is 1. The lowest BCUT2D eigenvalue weighted by atomic mass is 9.76. The highest BCUT2D eigenvalue weighted by Gasteiger charge is 2.70. The van der Waals surface area contributed by atoms with Gasteiger partial charge in [-0.3, -0.25) is 4.79 Å². The average molecular weight is 565 g/mol. The quantitative estimate of drug-likeness (QED) is 0.255. The summed E-state index contributed by atoms with van der Waals surface area (Å²) in [5.74, 6) is 0.888. The fourth-order valence-electron chi connectivity index (χ4n) is 4.39. The van der Waals surface area contributed by atoms with Gasteiger partial charge in [-0.05, 0) is 48.5 Å². The van der Waals surface area contributed by atoms with E-state index in [1.807, 2.05) is 24.3 Å². The highest BCUT2D eigenvalue weighted by atomic mass is 35.5. The number of ketones is 1. The third-order valence-corrected chi connectivity index (χ3v) is 7.44. The molecule has 0 spiro atoms. The number of Topliss-reactive ketones (excluding diaryl/α,β-unsaturated/α-hetero) is 1. The summed E-state index contributed by atoms with van der Waals surface area (Å²) in [4.78, 5) is 13.9. The second-order valence-corrected chi connectivity index (χ2v) is 10.4. The third kappa shape index (κ3) is 5.69. The van der Waals surface area contributed by atoms with Gasteiger partial charge in [0, 0.05) is 0 Å². The topological polar surface area (TPSA) is 74.2 Å². The minimum atomic E-state index is -2.39. The van der Waals surface area contributed by atoms with E-state index in [2.05, 4.69) is 0 Å². The maximum absolute atomic E-state index is 13.9. The number of aliphatic hydroxyl groups is 1. The summed E-state index contributed by atoms with van der Waals surface area (Å²) in [7, 11) is 0. The SMILES string of the molecule is O=C1C(Oc2ccccc2)[C@@H](Oc2ccccc2)[C@H](Oc2ccccc2)[C@@](O)(COc2ccccc2)C1(Cl)Cl. The Morgan fingerprint density at radius 2 is 1.03 bits per heavy atom. The van der Waals surface area contributed by atoms with Crippen LogP contribution in [0.25, 0.3) is 0 Å². The Bertz CT molecular complexity index is 1360. The second-order valence-electron chi connectivity index (χ2n) is 9.06. The van der Waals surface area contributed by atoms with Crippen molar-refractivity contribution in [3.8, 4) is 23.0 Å². The van der Waals surface area contributed by atoms with E-state index in [1.54, 1.807) is 97.1 Å². The molecule has 6 nitrogen and oxygen atoms in total. The molecular formula is C31H26Cl2O6. The van der Waals surface area contributed by atoms with E-state index in [9.17, 15) is 9.90 Å². The van der Waals surface area contributed by atoms with Crippen molar-refractivity contribution in [2.75, 3.05) is 6.61 Å². The molecule has 1 N–H and O–H groups in total. The van der Waals surface area contributed by atoms with Gasteiger partial charge in [0.1, 0.15) is 29.6 Å². The van der Waals surface area contributed by atoms with E-state index in [0.717, 1.165) is 0 Å². The Morgan fingerprint density at radius 3 is 1.51 bits per heavy atom. The van der Waals surface area contributed by atoms with Gasteiger partial charge in [-0.15, -0.1) is 0 Å². The average Bonchev–Trinajstić information content (AvgIpc) is 2.97. The van der Waals surface area contributed by atoms with Crippen molar-refractivity contribution >= 4 is 29.0 Å². The van der Waals surface area contributed by atoms with Crippen LogP contribution in [0.15, 0.2) is 121 Å². The van der Waals surface area contributed by atoms with Crippen molar-refractivity contribution < 1.29 is 28.8 Å². The fourth-order valence-corrected chi connectivity index (χ4v) is 4.93. The summed E-state index contributed by atoms with van der Waals surface area (Å²) in [5.41, 5.74) is -2.27. The van der Waals surface area contributed by atoms with Gasteiger partial charge in [-0.25, -0.2) is 0 Å². The standard InChI is InChI=1S/C31H26Cl2O6/c32-31(33)28(34)26(37-23-15-7-2-8-16-23)27(38-24-17-9-3-10-18-24)29(39-25-19-11-4-12-20-25)30(31,35)21-36-22-13-5-1-6-14-22/h1-20,26-27,29,35H,21H2/t26?,27-,29+,30+/m1/s1. The number of carbonyl (C=O) groups is 1. The van der Waals surface area contributed by atoms with Crippen LogP contribution in [0.5, 0.6) is 23.0 Å². The normalized spacial score (nSPS) is 24.0. The predicted octanol–water partition coefficient (Wildman–Crippen LogP) is 5.90. The van der Waals surface area contributed by atoms with Crippen LogP contribution in [0.1, 0.15) is 0 Å². The van der Waals surface area contributed by atoms with Crippen LogP contribution in [0.4, 0.5) is 0 Å². The minimum Gasteiger partial charge on any atom is -0.490 e. The van der Waals surface area contributed by atoms with Gasteiger partial charge in [-0.2, -0.15) is 0 Å². The predicted molar refractivity (Wildman–Crippen MR) is 149 cm³/mol. The smallest absolute Gasteiger partial charge is 0.216 e. The molecule has 1 aliphatic rings. The van der Waals surface area contributed by atoms with Crippen molar-refractivity contribution in [2.24, 2.45) is 0 Å². The number of alkyl halides is 2. The van der Waals surface area contributed by atoms with Gasteiger partial charge < -0.3 is 24.1 Å². The van der Waals surface area contributed by atoms with Crippen molar-refractivity contribution in [3.63, 3.8) is 0 Å². The van der Waals surface area contributed by atoms with Crippen molar-refractivity contribution in [1.29, 1.82) is 0 Å². The van der Waals surface area contributed by atoms with Crippen molar-refractivity contribution in [3.05, 3.63) is 121 Å². The molecule has 1 saturated carbocycles. The number of hydrogen-bond acceptors (Lipinski definition) is 6. The summed E-state index contributed by atoms with van der Waals surface area (Å²) in [6, 6.07) is 35.3. The lowest BCUT2D eigenvalue weighted by Crippen LogP contribution is -2.77. The Labute approximate surface area is 236 Å². The second kappa shape index (κ2) is 11.6. The number of halogens is 2. The van der Waals surface area contributed by atoms with E-state index in [1.165, 1.54) is 0 Å². The fraction of sp³-hybridized carbons (Fsp3) is 0.194. The van der Waals surface area contributed by atoms with Gasteiger partial charge in [0.15, 0.2) is 17.8 Å². The molecule has 4 aromatic rings. The molecule has 1 aliphatic carbocycles. The van der Waals surface area contributed by atoms with E-state index in [0.29, 0.717) is 23.0 Å². The van der Waals surface area contributed by atoms with Crippen LogP contribution in [0.2, 0.25) is 0 Å². The molecule has 1 unspecified atom stereocenters. The van der Waals surface area contributed by atoms with Crippen LogP contribution in [-0.2, 0) is 4.79 Å². The van der Waals surface area contributed by atoms with Crippen LogP contribution >= 0.6 is 23.2 Å². The first kappa shape index (κ1) is 26.9. The lowest BCUT2D eigenvalue weighted by molar-refractivity contribution is -0.185. The van der Waals surface area contributed by atoms with Gasteiger partial charge in [-0.1, -0.05) is 96.0 Å². The number of benzene rings is 4. The zero-order chi connectivity index (χ0) is 27.3. The Morgan fingerprint density at radius 1 is 0.615 bits per heavy atom. The molecule has 200 valence electrons. The molecule has 0 amide bonds. The zero-order valence-corrected chi connectivity index (χ0v) is 22.2. The number of para-hydroxylation sites is 4. The van der Waals surface area contributed by atoms with E-state index < -0.39 is 40.6 Å². The van der Waals surface area contributed by atoms with E-state index >= 15 is 0 Å². The third-order valence-electron chi connectivity index (χ3n) is 6.41. The summed E-state index contributed by atoms with van der Waals surface area (Å²) in [6.07, 6.45) is -3.84. The molecule has 0 radical (unpaired) electrons. The van der Waals surface area contributed by atoms with Gasteiger partial charge >= 0.3 is 0 Å². The molecule has 0 aromatic heterocycles. The summed E-state index contributed by atoms with van der Waals surface area (Å²) in [5, 5.41) is 12.2. The highest BCUT2D eigenvalue weighted by molar-refractivity contribution is 6.60. The maximum Gasteiger partial charge on any atom is 0.216 e. The largest absolute Gasteiger partial charge is 0.490 e. The van der Waals surface area contributed by atoms with Gasteiger partial charge in [0.2, 0.25) is 16.2 Å².